The Hall–Kier alpha value is -0.780. The lowest BCUT2D eigenvalue weighted by Gasteiger charge is -1.90. The van der Waals surface area contributed by atoms with Gasteiger partial charge in [0.15, 0.2) is 0 Å². The van der Waals surface area contributed by atoms with Crippen molar-refractivity contribution in [3.05, 3.63) is 36.0 Å². The van der Waals surface area contributed by atoms with Gasteiger partial charge in [-0.05, 0) is 20.3 Å². The molecule has 0 heterocycles. The highest BCUT2D eigenvalue weighted by atomic mass is 13.9. The molecule has 0 radical (unpaired) electrons. The third kappa shape index (κ3) is 9.22. The molecule has 0 bridgehead atoms. The van der Waals surface area contributed by atoms with Gasteiger partial charge in [-0.25, -0.2) is 0 Å². The minimum absolute atomic E-state index is 1.12. The largest absolute Gasteiger partial charge is 0.0877 e. The van der Waals surface area contributed by atoms with Crippen LogP contribution in [0.25, 0.3) is 0 Å². The zero-order chi connectivity index (χ0) is 9.82. The molecule has 0 saturated carbocycles. The molecular weight excluding hydrogens is 144 g/mol. The first kappa shape index (κ1) is 13.8. The minimum Gasteiger partial charge on any atom is -0.0877 e. The monoisotopic (exact) mass is 166 g/mol. The Labute approximate surface area is 77.7 Å². The molecule has 0 aliphatic rings. The van der Waals surface area contributed by atoms with Gasteiger partial charge < -0.3 is 0 Å². The Bertz CT molecular complexity index is 147. The quantitative estimate of drug-likeness (QED) is 0.541. The molecular formula is C12H22. The predicted octanol–water partition coefficient (Wildman–Crippen LogP) is 4.50. The van der Waals surface area contributed by atoms with E-state index in [0.29, 0.717) is 0 Å². The van der Waals surface area contributed by atoms with Crippen LogP contribution in [0.3, 0.4) is 0 Å². The molecule has 0 rings (SSSR count). The topological polar surface area (TPSA) is 0 Å². The lowest BCUT2D eigenvalue weighted by atomic mass is 10.2. The minimum atomic E-state index is 1.12. The fourth-order valence-corrected chi connectivity index (χ4v) is 0.708. The van der Waals surface area contributed by atoms with Gasteiger partial charge in [0, 0.05) is 0 Å². The molecule has 0 aromatic rings. The van der Waals surface area contributed by atoms with Crippen molar-refractivity contribution >= 4 is 0 Å². The maximum atomic E-state index is 2.16. The second kappa shape index (κ2) is 12.9. The van der Waals surface area contributed by atoms with E-state index in [1.807, 2.05) is 32.9 Å². The Morgan fingerprint density at radius 1 is 1.08 bits per heavy atom. The van der Waals surface area contributed by atoms with Gasteiger partial charge in [-0.3, -0.25) is 0 Å². The molecule has 0 aliphatic heterocycles. The van der Waals surface area contributed by atoms with Crippen LogP contribution >= 0.6 is 0 Å². The maximum absolute atomic E-state index is 2.16. The summed E-state index contributed by atoms with van der Waals surface area (Å²) in [7, 11) is 0. The fraction of sp³-hybridized carbons (Fsp3) is 0.500. The van der Waals surface area contributed by atoms with Crippen LogP contribution in [0.5, 0.6) is 0 Å². The fourth-order valence-electron chi connectivity index (χ4n) is 0.708. The first-order valence-electron chi connectivity index (χ1n) is 4.79. The van der Waals surface area contributed by atoms with E-state index in [1.54, 1.807) is 0 Å². The van der Waals surface area contributed by atoms with Crippen molar-refractivity contribution in [1.29, 1.82) is 0 Å². The third-order valence-electron chi connectivity index (χ3n) is 1.39. The summed E-state index contributed by atoms with van der Waals surface area (Å²) in [5, 5.41) is 0. The van der Waals surface area contributed by atoms with Crippen molar-refractivity contribution in [1.82, 2.24) is 0 Å². The molecule has 0 nitrogen and oxygen atoms in total. The first-order chi connectivity index (χ1) is 5.85. The van der Waals surface area contributed by atoms with E-state index in [0.717, 1.165) is 6.42 Å². The van der Waals surface area contributed by atoms with Crippen LogP contribution < -0.4 is 0 Å². The van der Waals surface area contributed by atoms with Gasteiger partial charge in [0.1, 0.15) is 0 Å². The molecule has 0 spiro atoms. The van der Waals surface area contributed by atoms with Crippen molar-refractivity contribution in [2.24, 2.45) is 0 Å². The molecule has 0 aliphatic carbocycles. The number of hydrogen-bond acceptors (Lipinski definition) is 0. The average Bonchev–Trinajstić information content (AvgIpc) is 2.16. The van der Waals surface area contributed by atoms with Gasteiger partial charge in [0.2, 0.25) is 0 Å². The van der Waals surface area contributed by atoms with Gasteiger partial charge in [0.05, 0.1) is 0 Å². The Morgan fingerprint density at radius 2 is 1.67 bits per heavy atom. The van der Waals surface area contributed by atoms with Crippen LogP contribution in [0, 0.1) is 0 Å². The van der Waals surface area contributed by atoms with E-state index in [-0.39, 0.29) is 0 Å². The van der Waals surface area contributed by atoms with Crippen molar-refractivity contribution in [3.63, 3.8) is 0 Å². The Balaban J connectivity index is 0. The van der Waals surface area contributed by atoms with E-state index in [1.165, 1.54) is 5.57 Å². The molecule has 12 heavy (non-hydrogen) atoms. The summed E-state index contributed by atoms with van der Waals surface area (Å²) in [5.41, 5.74) is 1.39. The van der Waals surface area contributed by atoms with Gasteiger partial charge in [-0.2, -0.15) is 0 Å². The zero-order valence-corrected chi connectivity index (χ0v) is 9.09. The molecule has 0 amide bonds. The van der Waals surface area contributed by atoms with Crippen LogP contribution in [0.1, 0.15) is 41.0 Å². The zero-order valence-electron chi connectivity index (χ0n) is 9.09. The van der Waals surface area contributed by atoms with E-state index in [9.17, 15) is 0 Å². The predicted molar refractivity (Wildman–Crippen MR) is 59.4 cm³/mol. The van der Waals surface area contributed by atoms with E-state index in [4.69, 9.17) is 0 Å². The van der Waals surface area contributed by atoms with Gasteiger partial charge >= 0.3 is 0 Å². The highest BCUT2D eigenvalue weighted by Crippen LogP contribution is 2.01. The van der Waals surface area contributed by atoms with Crippen LogP contribution in [0.2, 0.25) is 0 Å². The van der Waals surface area contributed by atoms with Gasteiger partial charge in [0.25, 0.3) is 0 Å². The Kier molecular flexibility index (Phi) is 14.8. The summed E-state index contributed by atoms with van der Waals surface area (Å²) >= 11 is 0. The molecule has 0 aromatic heterocycles. The number of hydrogen-bond donors (Lipinski definition) is 0. The summed E-state index contributed by atoms with van der Waals surface area (Å²) in [6.07, 6.45) is 11.5. The van der Waals surface area contributed by atoms with Crippen molar-refractivity contribution in [2.75, 3.05) is 0 Å². The van der Waals surface area contributed by atoms with Crippen LogP contribution in [-0.2, 0) is 0 Å². The van der Waals surface area contributed by atoms with Crippen molar-refractivity contribution in [2.45, 2.75) is 41.0 Å². The van der Waals surface area contributed by atoms with Crippen molar-refractivity contribution < 1.29 is 0 Å². The summed E-state index contributed by atoms with van der Waals surface area (Å²) in [5.74, 6) is 0. The maximum Gasteiger partial charge on any atom is -0.0311 e. The molecule has 0 heteroatoms. The van der Waals surface area contributed by atoms with Crippen LogP contribution in [-0.4, -0.2) is 0 Å². The summed E-state index contributed by atoms with van der Waals surface area (Å²) in [4.78, 5) is 0. The molecule has 0 unspecified atom stereocenters. The molecule has 0 aromatic carbocycles. The normalized spacial score (nSPS) is 11.9. The summed E-state index contributed by atoms with van der Waals surface area (Å²) < 4.78 is 0. The highest BCUT2D eigenvalue weighted by Gasteiger charge is 1.80. The molecule has 0 fully saturated rings. The van der Waals surface area contributed by atoms with Crippen molar-refractivity contribution in [3.8, 4) is 0 Å². The molecule has 0 N–H and O–H groups in total. The van der Waals surface area contributed by atoms with E-state index in [2.05, 4.69) is 32.1 Å². The molecule has 70 valence electrons. The lowest BCUT2D eigenvalue weighted by Crippen LogP contribution is -1.70. The van der Waals surface area contributed by atoms with Crippen LogP contribution in [0.15, 0.2) is 36.0 Å². The smallest absolute Gasteiger partial charge is 0.0311 e. The summed E-state index contributed by atoms with van der Waals surface area (Å²) in [6, 6.07) is 0. The number of rotatable bonds is 3. The second-order valence-electron chi connectivity index (χ2n) is 2.10. The standard InChI is InChI=1S/C10H16.C2H6/c1-4-7-8-9-10(5-2)6-3;1-2/h4-5,7-9H,6H2,1-3H3;1-2H3/b7-4-,9-8-,10-5-;. The van der Waals surface area contributed by atoms with Crippen LogP contribution in [0.4, 0.5) is 0 Å². The summed E-state index contributed by atoms with van der Waals surface area (Å²) in [6.45, 7) is 10.2. The number of allylic oxidation sites excluding steroid dienone is 6. The molecule has 0 saturated heterocycles. The third-order valence-corrected chi connectivity index (χ3v) is 1.39. The van der Waals surface area contributed by atoms with Gasteiger partial charge in [-0.1, -0.05) is 56.7 Å². The Morgan fingerprint density at radius 3 is 2.00 bits per heavy atom. The lowest BCUT2D eigenvalue weighted by molar-refractivity contribution is 1.14. The average molecular weight is 166 g/mol. The highest BCUT2D eigenvalue weighted by molar-refractivity contribution is 5.20. The molecule has 0 atom stereocenters. The van der Waals surface area contributed by atoms with Gasteiger partial charge in [-0.15, -0.1) is 0 Å². The SMILES string of the molecule is CC.C\C=C/C=C\C(=C/C)CC. The first-order valence-corrected chi connectivity index (χ1v) is 4.79. The second-order valence-corrected chi connectivity index (χ2v) is 2.10. The van der Waals surface area contributed by atoms with E-state index >= 15 is 0 Å². The van der Waals surface area contributed by atoms with E-state index < -0.39 is 0 Å².